The smallest absolute Gasteiger partial charge is 0.313 e. The fraction of sp³-hybridized carbons (Fsp3) is 0.706. The molecule has 0 radical (unpaired) electrons. The van der Waals surface area contributed by atoms with Crippen molar-refractivity contribution in [3.05, 3.63) is 0 Å². The van der Waals surface area contributed by atoms with Gasteiger partial charge in [0.05, 0.1) is 14.2 Å². The maximum Gasteiger partial charge on any atom is 0.313 e. The molecule has 0 amide bonds. The van der Waals surface area contributed by atoms with Crippen molar-refractivity contribution in [2.75, 3.05) is 34.9 Å². The highest BCUT2D eigenvalue weighted by molar-refractivity contribution is 5.97. The predicted molar refractivity (Wildman–Crippen MR) is 90.2 cm³/mol. The van der Waals surface area contributed by atoms with Crippen LogP contribution in [0.5, 0.6) is 0 Å². The molecule has 0 atom stereocenters. The highest BCUT2D eigenvalue weighted by Crippen LogP contribution is 2.12. The number of ketones is 2. The average Bonchev–Trinajstić information content (AvgIpc) is 2.53. The molecular weight excluding hydrogens is 346 g/mol. The number of carbonyl (C=O) groups is 5. The summed E-state index contributed by atoms with van der Waals surface area (Å²) < 4.78 is 14.0. The lowest BCUT2D eigenvalue weighted by Crippen LogP contribution is -2.27. The van der Waals surface area contributed by atoms with E-state index in [4.69, 9.17) is 4.74 Å². The summed E-state index contributed by atoms with van der Waals surface area (Å²) in [7, 11) is 6.03. The van der Waals surface area contributed by atoms with Crippen molar-refractivity contribution in [2.45, 2.75) is 44.6 Å². The SMILES string of the molecule is COC(=O)CC(=O)CC(CC(=O)CC(=O)OC)OC(=O)CCCN(C)C. The van der Waals surface area contributed by atoms with E-state index in [1.165, 1.54) is 0 Å². The Morgan fingerprint density at radius 3 is 1.65 bits per heavy atom. The summed E-state index contributed by atoms with van der Waals surface area (Å²) in [5.74, 6) is -3.02. The molecule has 0 heterocycles. The number of nitrogens with zero attached hydrogens (tertiary/aromatic N) is 1. The molecule has 0 saturated heterocycles. The molecule has 0 spiro atoms. The van der Waals surface area contributed by atoms with Crippen molar-refractivity contribution < 1.29 is 38.2 Å². The van der Waals surface area contributed by atoms with Crippen LogP contribution in [0.1, 0.15) is 38.5 Å². The molecule has 148 valence electrons. The van der Waals surface area contributed by atoms with E-state index in [1.54, 1.807) is 0 Å². The Morgan fingerprint density at radius 1 is 0.808 bits per heavy atom. The van der Waals surface area contributed by atoms with Gasteiger partial charge in [0.25, 0.3) is 0 Å². The summed E-state index contributed by atoms with van der Waals surface area (Å²) >= 11 is 0. The molecule has 0 aromatic carbocycles. The molecule has 0 aliphatic carbocycles. The van der Waals surface area contributed by atoms with E-state index in [0.29, 0.717) is 13.0 Å². The van der Waals surface area contributed by atoms with Crippen LogP contribution in [-0.2, 0) is 38.2 Å². The molecule has 0 unspecified atom stereocenters. The van der Waals surface area contributed by atoms with Crippen molar-refractivity contribution in [2.24, 2.45) is 0 Å². The van der Waals surface area contributed by atoms with Crippen LogP contribution in [0.4, 0.5) is 0 Å². The fourth-order valence-corrected chi connectivity index (χ4v) is 2.06. The minimum absolute atomic E-state index is 0.130. The molecule has 0 aromatic heterocycles. The molecule has 0 rings (SSSR count). The van der Waals surface area contributed by atoms with Gasteiger partial charge in [-0.3, -0.25) is 24.0 Å². The van der Waals surface area contributed by atoms with E-state index < -0.39 is 48.4 Å². The Hall–Kier alpha value is -2.29. The van der Waals surface area contributed by atoms with Crippen LogP contribution in [-0.4, -0.2) is 75.3 Å². The van der Waals surface area contributed by atoms with Gasteiger partial charge in [-0.15, -0.1) is 0 Å². The summed E-state index contributed by atoms with van der Waals surface area (Å²) in [5.41, 5.74) is 0. The van der Waals surface area contributed by atoms with Crippen LogP contribution < -0.4 is 0 Å². The molecular formula is C17H27NO8. The summed E-state index contributed by atoms with van der Waals surface area (Å²) in [6.45, 7) is 0.683. The van der Waals surface area contributed by atoms with E-state index in [1.807, 2.05) is 19.0 Å². The second-order valence-corrected chi connectivity index (χ2v) is 6.01. The lowest BCUT2D eigenvalue weighted by atomic mass is 10.0. The summed E-state index contributed by atoms with van der Waals surface area (Å²) in [5, 5.41) is 0. The fourth-order valence-electron chi connectivity index (χ4n) is 2.06. The van der Waals surface area contributed by atoms with E-state index >= 15 is 0 Å². The monoisotopic (exact) mass is 373 g/mol. The first-order chi connectivity index (χ1) is 12.2. The zero-order valence-corrected chi connectivity index (χ0v) is 15.7. The van der Waals surface area contributed by atoms with E-state index in [0.717, 1.165) is 14.2 Å². The molecule has 26 heavy (non-hydrogen) atoms. The number of ether oxygens (including phenoxy) is 3. The zero-order valence-electron chi connectivity index (χ0n) is 15.7. The second-order valence-electron chi connectivity index (χ2n) is 6.01. The number of hydrogen-bond acceptors (Lipinski definition) is 9. The van der Waals surface area contributed by atoms with Gasteiger partial charge in [0.2, 0.25) is 0 Å². The Labute approximate surface area is 152 Å². The third-order valence-electron chi connectivity index (χ3n) is 3.33. The Kier molecular flexibility index (Phi) is 11.8. The summed E-state index contributed by atoms with van der Waals surface area (Å²) in [6, 6.07) is 0. The van der Waals surface area contributed by atoms with E-state index in [9.17, 15) is 24.0 Å². The molecule has 0 bridgehead atoms. The third-order valence-corrected chi connectivity index (χ3v) is 3.33. The molecule has 0 aliphatic rings. The van der Waals surface area contributed by atoms with Crippen LogP contribution in [0.25, 0.3) is 0 Å². The second kappa shape index (κ2) is 13.0. The highest BCUT2D eigenvalue weighted by atomic mass is 16.5. The molecule has 9 nitrogen and oxygen atoms in total. The van der Waals surface area contributed by atoms with Crippen LogP contribution in [0.15, 0.2) is 0 Å². The molecule has 0 N–H and O–H groups in total. The van der Waals surface area contributed by atoms with Gasteiger partial charge in [0.1, 0.15) is 30.5 Å². The maximum atomic E-state index is 11.9. The van der Waals surface area contributed by atoms with Gasteiger partial charge in [-0.05, 0) is 27.1 Å². The summed E-state index contributed by atoms with van der Waals surface area (Å²) in [4.78, 5) is 59.9. The normalized spacial score (nSPS) is 10.5. The van der Waals surface area contributed by atoms with Crippen LogP contribution in [0.3, 0.4) is 0 Å². The first kappa shape index (κ1) is 23.7. The minimum atomic E-state index is -1.03. The number of carbonyl (C=O) groups excluding carboxylic acids is 5. The molecule has 0 fully saturated rings. The first-order valence-corrected chi connectivity index (χ1v) is 8.19. The molecule has 0 aliphatic heterocycles. The number of Topliss-reactive ketones (excluding diaryl/α,β-unsaturated/α-hetero) is 2. The minimum Gasteiger partial charge on any atom is -0.469 e. The van der Waals surface area contributed by atoms with Crippen LogP contribution >= 0.6 is 0 Å². The molecule has 0 aromatic rings. The number of rotatable bonds is 13. The molecule has 9 heteroatoms. The lowest BCUT2D eigenvalue weighted by Gasteiger charge is -2.17. The molecule has 0 saturated carbocycles. The Balaban J connectivity index is 4.73. The van der Waals surface area contributed by atoms with Gasteiger partial charge in [-0.1, -0.05) is 0 Å². The first-order valence-electron chi connectivity index (χ1n) is 8.19. The quantitative estimate of drug-likeness (QED) is 0.255. The van der Waals surface area contributed by atoms with Crippen LogP contribution in [0, 0.1) is 0 Å². The zero-order chi connectivity index (χ0) is 20.1. The van der Waals surface area contributed by atoms with Crippen molar-refractivity contribution in [1.29, 1.82) is 0 Å². The predicted octanol–water partition coefficient (Wildman–Crippen LogP) is 0.285. The van der Waals surface area contributed by atoms with Gasteiger partial charge >= 0.3 is 17.9 Å². The third kappa shape index (κ3) is 12.1. The Bertz CT molecular complexity index is 483. The number of hydrogen-bond donors (Lipinski definition) is 0. The van der Waals surface area contributed by atoms with Crippen molar-refractivity contribution in [3.63, 3.8) is 0 Å². The number of methoxy groups -OCH3 is 2. The Morgan fingerprint density at radius 2 is 1.27 bits per heavy atom. The summed E-state index contributed by atoms with van der Waals surface area (Å²) in [6.07, 6.45) is -1.90. The van der Waals surface area contributed by atoms with E-state index in [-0.39, 0.29) is 19.3 Å². The van der Waals surface area contributed by atoms with Gasteiger partial charge in [0, 0.05) is 19.3 Å². The van der Waals surface area contributed by atoms with Crippen molar-refractivity contribution >= 4 is 29.5 Å². The maximum absolute atomic E-state index is 11.9. The van der Waals surface area contributed by atoms with Crippen molar-refractivity contribution in [1.82, 2.24) is 4.90 Å². The van der Waals surface area contributed by atoms with E-state index in [2.05, 4.69) is 9.47 Å². The van der Waals surface area contributed by atoms with Gasteiger partial charge in [-0.2, -0.15) is 0 Å². The standard InChI is InChI=1S/C17H27NO8/c1-18(2)7-5-6-15(21)26-14(8-12(19)10-16(22)24-3)9-13(20)11-17(23)25-4/h14H,5-11H2,1-4H3. The lowest BCUT2D eigenvalue weighted by molar-refractivity contribution is -0.151. The largest absolute Gasteiger partial charge is 0.469 e. The van der Waals surface area contributed by atoms with Crippen LogP contribution in [0.2, 0.25) is 0 Å². The van der Waals surface area contributed by atoms with Crippen molar-refractivity contribution in [3.8, 4) is 0 Å². The topological polar surface area (TPSA) is 116 Å². The average molecular weight is 373 g/mol. The van der Waals surface area contributed by atoms with Gasteiger partial charge in [0.15, 0.2) is 0 Å². The van der Waals surface area contributed by atoms with Gasteiger partial charge < -0.3 is 19.1 Å². The van der Waals surface area contributed by atoms with Gasteiger partial charge in [-0.25, -0.2) is 0 Å². The number of esters is 3. The highest BCUT2D eigenvalue weighted by Gasteiger charge is 2.24.